The number of carbonyl (C=O) groups excluding carboxylic acids is 1. The number of nitrogens with one attached hydrogen (secondary N) is 3. The van der Waals surface area contributed by atoms with Crippen molar-refractivity contribution in [3.05, 3.63) is 51.9 Å². The number of anilines is 1. The molecule has 0 bridgehead atoms. The monoisotopic (exact) mass is 259 g/mol. The van der Waals surface area contributed by atoms with Gasteiger partial charge in [0.1, 0.15) is 5.56 Å². The van der Waals surface area contributed by atoms with Gasteiger partial charge in [-0.25, -0.2) is 0 Å². The second kappa shape index (κ2) is 4.76. The molecule has 0 atom stereocenters. The van der Waals surface area contributed by atoms with E-state index in [1.165, 1.54) is 0 Å². The predicted octanol–water partition coefficient (Wildman–Crippen LogP) is 2.25. The summed E-state index contributed by atoms with van der Waals surface area (Å²) in [5, 5.41) is 7.97. The van der Waals surface area contributed by atoms with Gasteiger partial charge in [0, 0.05) is 11.1 Å². The van der Waals surface area contributed by atoms with Gasteiger partial charge in [0.25, 0.3) is 11.5 Å². The summed E-state index contributed by atoms with van der Waals surface area (Å²) >= 11 is 0. The molecule has 100 valence electrons. The van der Waals surface area contributed by atoms with Crippen molar-refractivity contribution in [2.24, 2.45) is 0 Å². The molecule has 0 radical (unpaired) electrons. The van der Waals surface area contributed by atoms with Gasteiger partial charge in [0.2, 0.25) is 0 Å². The minimum Gasteiger partial charge on any atom is -0.322 e. The first-order valence-electron chi connectivity index (χ1n) is 6.07. The number of carbonyl (C=O) groups is 1. The molecule has 0 unspecified atom stereocenters. The summed E-state index contributed by atoms with van der Waals surface area (Å²) in [6.07, 6.45) is 0. The molecule has 1 aromatic heterocycles. The third kappa shape index (κ3) is 2.76. The molecule has 1 heterocycles. The molecule has 0 spiro atoms. The lowest BCUT2D eigenvalue weighted by Crippen LogP contribution is -2.25. The maximum absolute atomic E-state index is 12.2. The Bertz CT molecular complexity index is 633. The highest BCUT2D eigenvalue weighted by Gasteiger charge is 2.26. The van der Waals surface area contributed by atoms with Gasteiger partial charge in [-0.15, -0.1) is 0 Å². The van der Waals surface area contributed by atoms with Gasteiger partial charge >= 0.3 is 0 Å². The molecular formula is C14H17N3O2. The number of hydrogen-bond donors (Lipinski definition) is 3. The van der Waals surface area contributed by atoms with Crippen molar-refractivity contribution in [1.82, 2.24) is 10.2 Å². The fourth-order valence-electron chi connectivity index (χ4n) is 1.85. The van der Waals surface area contributed by atoms with E-state index in [0.717, 1.165) is 0 Å². The van der Waals surface area contributed by atoms with Crippen LogP contribution >= 0.6 is 0 Å². The lowest BCUT2D eigenvalue weighted by Gasteiger charge is -2.17. The molecule has 0 saturated carbocycles. The summed E-state index contributed by atoms with van der Waals surface area (Å²) in [7, 11) is 0. The fraction of sp³-hybridized carbons (Fsp3) is 0.286. The van der Waals surface area contributed by atoms with Gasteiger partial charge in [-0.05, 0) is 12.1 Å². The molecule has 2 rings (SSSR count). The van der Waals surface area contributed by atoms with Crippen LogP contribution in [0.1, 0.15) is 36.8 Å². The van der Waals surface area contributed by atoms with E-state index < -0.39 is 11.5 Å². The number of amides is 1. The van der Waals surface area contributed by atoms with Gasteiger partial charge in [-0.2, -0.15) is 0 Å². The van der Waals surface area contributed by atoms with E-state index in [1.54, 1.807) is 12.1 Å². The Kier molecular flexibility index (Phi) is 3.29. The average molecular weight is 259 g/mol. The van der Waals surface area contributed by atoms with Gasteiger partial charge in [-0.1, -0.05) is 39.0 Å². The zero-order chi connectivity index (χ0) is 14.0. The molecule has 19 heavy (non-hydrogen) atoms. The largest absolute Gasteiger partial charge is 0.322 e. The van der Waals surface area contributed by atoms with Crippen LogP contribution in [0.3, 0.4) is 0 Å². The minimum absolute atomic E-state index is 0.136. The topological polar surface area (TPSA) is 77.8 Å². The number of rotatable bonds is 2. The molecule has 0 aliphatic rings. The summed E-state index contributed by atoms with van der Waals surface area (Å²) in [4.78, 5) is 24.0. The SMILES string of the molecule is CC(C)(C)c1[nH][nH]c(=O)c1C(=O)Nc1ccccc1. The second-order valence-electron chi connectivity index (χ2n) is 5.40. The molecule has 1 amide bonds. The Morgan fingerprint density at radius 3 is 2.32 bits per heavy atom. The molecule has 0 aliphatic carbocycles. The molecule has 0 fully saturated rings. The van der Waals surface area contributed by atoms with Crippen LogP contribution in [0.5, 0.6) is 0 Å². The highest BCUT2D eigenvalue weighted by molar-refractivity contribution is 6.05. The predicted molar refractivity (Wildman–Crippen MR) is 74.5 cm³/mol. The molecule has 1 aromatic carbocycles. The summed E-state index contributed by atoms with van der Waals surface area (Å²) < 4.78 is 0. The standard InChI is InChI=1S/C14H17N3O2/c1-14(2,3)11-10(13(19)17-16-11)12(18)15-9-7-5-4-6-8-9/h4-8H,1-3H3,(H,15,18)(H2,16,17,19). The van der Waals surface area contributed by atoms with Gasteiger partial charge in [-0.3, -0.25) is 14.7 Å². The third-order valence-electron chi connectivity index (χ3n) is 2.79. The lowest BCUT2D eigenvalue weighted by atomic mass is 9.89. The first kappa shape index (κ1) is 13.1. The van der Waals surface area contributed by atoms with Crippen LogP contribution in [-0.4, -0.2) is 16.1 Å². The van der Waals surface area contributed by atoms with Crippen molar-refractivity contribution in [3.8, 4) is 0 Å². The van der Waals surface area contributed by atoms with E-state index in [-0.39, 0.29) is 11.0 Å². The molecule has 5 heteroatoms. The highest BCUT2D eigenvalue weighted by Crippen LogP contribution is 2.22. The number of benzene rings is 1. The molecule has 3 N–H and O–H groups in total. The van der Waals surface area contributed by atoms with E-state index in [1.807, 2.05) is 39.0 Å². The van der Waals surface area contributed by atoms with Crippen molar-refractivity contribution in [3.63, 3.8) is 0 Å². The van der Waals surface area contributed by atoms with Crippen molar-refractivity contribution < 1.29 is 4.79 Å². The number of aromatic amines is 2. The molecule has 5 nitrogen and oxygen atoms in total. The maximum Gasteiger partial charge on any atom is 0.277 e. The van der Waals surface area contributed by atoms with Gasteiger partial charge in [0.15, 0.2) is 0 Å². The highest BCUT2D eigenvalue weighted by atomic mass is 16.2. The van der Waals surface area contributed by atoms with Crippen LogP contribution in [0, 0.1) is 0 Å². The van der Waals surface area contributed by atoms with Crippen molar-refractivity contribution in [2.45, 2.75) is 26.2 Å². The van der Waals surface area contributed by atoms with Crippen LogP contribution < -0.4 is 10.9 Å². The fourth-order valence-corrected chi connectivity index (χ4v) is 1.85. The van der Waals surface area contributed by atoms with Gasteiger partial charge < -0.3 is 10.4 Å². The van der Waals surface area contributed by atoms with E-state index in [9.17, 15) is 9.59 Å². The normalized spacial score (nSPS) is 11.3. The van der Waals surface area contributed by atoms with Gasteiger partial charge in [0.05, 0.1) is 5.69 Å². The van der Waals surface area contributed by atoms with E-state index in [2.05, 4.69) is 15.5 Å². The Morgan fingerprint density at radius 2 is 1.74 bits per heavy atom. The van der Waals surface area contributed by atoms with E-state index in [4.69, 9.17) is 0 Å². The van der Waals surface area contributed by atoms with Crippen LogP contribution in [0.2, 0.25) is 0 Å². The molecule has 0 saturated heterocycles. The Morgan fingerprint density at radius 1 is 1.11 bits per heavy atom. The maximum atomic E-state index is 12.2. The van der Waals surface area contributed by atoms with Crippen LogP contribution in [-0.2, 0) is 5.41 Å². The smallest absolute Gasteiger partial charge is 0.277 e. The van der Waals surface area contributed by atoms with Crippen molar-refractivity contribution in [1.29, 1.82) is 0 Å². The lowest BCUT2D eigenvalue weighted by molar-refractivity contribution is 0.102. The van der Waals surface area contributed by atoms with Crippen LogP contribution in [0.4, 0.5) is 5.69 Å². The van der Waals surface area contributed by atoms with Crippen molar-refractivity contribution >= 4 is 11.6 Å². The summed E-state index contributed by atoms with van der Waals surface area (Å²) in [5.74, 6) is -0.404. The van der Waals surface area contributed by atoms with Crippen molar-refractivity contribution in [2.75, 3.05) is 5.32 Å². The Hall–Kier alpha value is -2.30. The first-order chi connectivity index (χ1) is 8.89. The first-order valence-corrected chi connectivity index (χ1v) is 6.07. The number of hydrogen-bond acceptors (Lipinski definition) is 2. The van der Waals surface area contributed by atoms with E-state index >= 15 is 0 Å². The molecule has 2 aromatic rings. The summed E-state index contributed by atoms with van der Waals surface area (Å²) in [5.41, 5.74) is 0.677. The zero-order valence-corrected chi connectivity index (χ0v) is 11.2. The number of para-hydroxylation sites is 1. The Labute approximate surface area is 111 Å². The van der Waals surface area contributed by atoms with Crippen LogP contribution in [0.15, 0.2) is 35.1 Å². The quantitative estimate of drug-likeness (QED) is 0.773. The molecule has 0 aliphatic heterocycles. The number of aromatic nitrogens is 2. The van der Waals surface area contributed by atoms with Crippen LogP contribution in [0.25, 0.3) is 0 Å². The zero-order valence-electron chi connectivity index (χ0n) is 11.2. The minimum atomic E-state index is -0.404. The Balaban J connectivity index is 2.35. The number of H-pyrrole nitrogens is 2. The van der Waals surface area contributed by atoms with E-state index in [0.29, 0.717) is 11.4 Å². The molecular weight excluding hydrogens is 242 g/mol. The third-order valence-corrected chi connectivity index (χ3v) is 2.79. The average Bonchev–Trinajstić information content (AvgIpc) is 2.72. The summed E-state index contributed by atoms with van der Waals surface area (Å²) in [6.45, 7) is 5.81. The summed E-state index contributed by atoms with van der Waals surface area (Å²) in [6, 6.07) is 9.05. The second-order valence-corrected chi connectivity index (χ2v) is 5.40.